The second kappa shape index (κ2) is 6.14. The Kier molecular flexibility index (Phi) is 4.82. The number of hydrogen-bond donors (Lipinski definition) is 2. The molecule has 1 atom stereocenters. The Morgan fingerprint density at radius 2 is 2.21 bits per heavy atom. The molecule has 1 aromatic carbocycles. The van der Waals surface area contributed by atoms with Crippen molar-refractivity contribution in [3.05, 3.63) is 33.9 Å². The van der Waals surface area contributed by atoms with E-state index < -0.39 is 16.9 Å². The molecule has 1 unspecified atom stereocenters. The normalized spacial score (nSPS) is 11.8. The fraction of sp³-hybridized carbons (Fsp3) is 0.417. The third-order valence-corrected chi connectivity index (χ3v) is 2.60. The zero-order valence-corrected chi connectivity index (χ0v) is 11.1. The number of carbonyl (C=O) groups is 1. The number of likely N-dealkylation sites (N-methyl/N-ethyl adjacent to an activating group) is 1. The summed E-state index contributed by atoms with van der Waals surface area (Å²) in [5.74, 6) is -0.496. The first-order valence-corrected chi connectivity index (χ1v) is 5.76. The molecule has 1 rings (SSSR count). The molecule has 1 aromatic rings. The number of nitrogens with one attached hydrogen (secondary N) is 1. The maximum atomic E-state index is 12.2. The van der Waals surface area contributed by atoms with Crippen LogP contribution in [0.5, 0.6) is 0 Å². The van der Waals surface area contributed by atoms with Crippen molar-refractivity contribution in [3.8, 4) is 0 Å². The molecule has 0 heterocycles. The number of carbonyl (C=O) groups excluding carboxylic acids is 1. The van der Waals surface area contributed by atoms with Crippen LogP contribution >= 0.6 is 0 Å². The quantitative estimate of drug-likeness (QED) is 0.615. The highest BCUT2D eigenvalue weighted by atomic mass is 16.6. The molecule has 1 amide bonds. The summed E-state index contributed by atoms with van der Waals surface area (Å²) in [6, 6.07) is 4.25. The zero-order valence-electron chi connectivity index (χ0n) is 11.1. The lowest BCUT2D eigenvalue weighted by Gasteiger charge is -2.19. The number of hydrogen-bond acceptors (Lipinski definition) is 5. The first-order valence-electron chi connectivity index (χ1n) is 5.76. The summed E-state index contributed by atoms with van der Waals surface area (Å²) in [5.41, 5.74) is 0.362. The van der Waals surface area contributed by atoms with Gasteiger partial charge in [-0.15, -0.1) is 0 Å². The van der Waals surface area contributed by atoms with Crippen LogP contribution in [-0.2, 0) is 0 Å². The molecule has 0 aliphatic heterocycles. The van der Waals surface area contributed by atoms with Gasteiger partial charge in [0.1, 0.15) is 5.56 Å². The standard InChI is InChI=1S/C12H17N3O4/c1-8(16)7-14(3)12(17)10-6-9(13-2)4-5-11(10)15(18)19/h4-6,8,13,16H,7H2,1-3H3. The molecule has 0 fully saturated rings. The van der Waals surface area contributed by atoms with E-state index in [9.17, 15) is 20.0 Å². The van der Waals surface area contributed by atoms with Crippen molar-refractivity contribution in [1.82, 2.24) is 4.90 Å². The SMILES string of the molecule is CNc1ccc([N+](=O)[O-])c(C(=O)N(C)CC(C)O)c1. The number of aliphatic hydroxyl groups excluding tert-OH is 1. The number of nitro groups is 1. The molecular weight excluding hydrogens is 250 g/mol. The van der Waals surface area contributed by atoms with Crippen molar-refractivity contribution in [1.29, 1.82) is 0 Å². The summed E-state index contributed by atoms with van der Waals surface area (Å²) >= 11 is 0. The lowest BCUT2D eigenvalue weighted by atomic mass is 10.1. The molecule has 7 heteroatoms. The summed E-state index contributed by atoms with van der Waals surface area (Å²) in [6.07, 6.45) is -0.694. The van der Waals surface area contributed by atoms with Gasteiger partial charge in [-0.05, 0) is 19.1 Å². The Morgan fingerprint density at radius 1 is 1.58 bits per heavy atom. The van der Waals surface area contributed by atoms with Gasteiger partial charge in [0.15, 0.2) is 0 Å². The van der Waals surface area contributed by atoms with Gasteiger partial charge in [-0.25, -0.2) is 0 Å². The topological polar surface area (TPSA) is 95.7 Å². The van der Waals surface area contributed by atoms with Crippen LogP contribution in [0.4, 0.5) is 11.4 Å². The van der Waals surface area contributed by atoms with Crippen molar-refractivity contribution < 1.29 is 14.8 Å². The number of amides is 1. The zero-order chi connectivity index (χ0) is 14.6. The number of anilines is 1. The van der Waals surface area contributed by atoms with E-state index in [-0.39, 0.29) is 17.8 Å². The minimum Gasteiger partial charge on any atom is -0.392 e. The van der Waals surface area contributed by atoms with Gasteiger partial charge in [-0.1, -0.05) is 0 Å². The van der Waals surface area contributed by atoms with Crippen LogP contribution in [0.2, 0.25) is 0 Å². The highest BCUT2D eigenvalue weighted by Gasteiger charge is 2.23. The van der Waals surface area contributed by atoms with E-state index >= 15 is 0 Å². The average molecular weight is 267 g/mol. The van der Waals surface area contributed by atoms with Crippen molar-refractivity contribution in [2.75, 3.05) is 26.0 Å². The Hall–Kier alpha value is -2.15. The lowest BCUT2D eigenvalue weighted by molar-refractivity contribution is -0.385. The molecule has 0 aliphatic rings. The van der Waals surface area contributed by atoms with Crippen LogP contribution in [0.15, 0.2) is 18.2 Å². The first kappa shape index (κ1) is 14.9. The fourth-order valence-corrected chi connectivity index (χ4v) is 1.71. The van der Waals surface area contributed by atoms with Gasteiger partial charge in [-0.3, -0.25) is 14.9 Å². The Balaban J connectivity index is 3.15. The van der Waals surface area contributed by atoms with Crippen LogP contribution in [0.3, 0.4) is 0 Å². The third-order valence-electron chi connectivity index (χ3n) is 2.60. The Morgan fingerprint density at radius 3 is 2.68 bits per heavy atom. The maximum Gasteiger partial charge on any atom is 0.282 e. The number of benzene rings is 1. The van der Waals surface area contributed by atoms with Crippen LogP contribution in [0.25, 0.3) is 0 Å². The van der Waals surface area contributed by atoms with E-state index in [0.717, 1.165) is 0 Å². The molecule has 0 bridgehead atoms. The summed E-state index contributed by atoms with van der Waals surface area (Å²) < 4.78 is 0. The lowest BCUT2D eigenvalue weighted by Crippen LogP contribution is -2.33. The van der Waals surface area contributed by atoms with E-state index in [1.54, 1.807) is 14.0 Å². The molecule has 0 aromatic heterocycles. The van der Waals surface area contributed by atoms with Gasteiger partial charge in [0.25, 0.3) is 11.6 Å². The molecule has 0 spiro atoms. The summed E-state index contributed by atoms with van der Waals surface area (Å²) in [7, 11) is 3.15. The molecular formula is C12H17N3O4. The summed E-state index contributed by atoms with van der Waals surface area (Å²) in [4.78, 5) is 23.8. The predicted molar refractivity (Wildman–Crippen MR) is 71.3 cm³/mol. The smallest absolute Gasteiger partial charge is 0.282 e. The highest BCUT2D eigenvalue weighted by Crippen LogP contribution is 2.23. The summed E-state index contributed by atoms with van der Waals surface area (Å²) in [5, 5.41) is 23.0. The van der Waals surface area contributed by atoms with Gasteiger partial charge in [-0.2, -0.15) is 0 Å². The van der Waals surface area contributed by atoms with Crippen molar-refractivity contribution in [2.45, 2.75) is 13.0 Å². The minimum absolute atomic E-state index is 0.000000000000000444. The minimum atomic E-state index is -0.694. The molecule has 7 nitrogen and oxygen atoms in total. The Bertz CT molecular complexity index is 488. The predicted octanol–water partition coefficient (Wildman–Crippen LogP) is 1.09. The van der Waals surface area contributed by atoms with E-state index in [1.807, 2.05) is 0 Å². The van der Waals surface area contributed by atoms with Gasteiger partial charge in [0.2, 0.25) is 0 Å². The van der Waals surface area contributed by atoms with E-state index in [1.165, 1.54) is 30.1 Å². The molecule has 0 saturated heterocycles. The second-order valence-electron chi connectivity index (χ2n) is 4.27. The monoisotopic (exact) mass is 267 g/mol. The van der Waals surface area contributed by atoms with Crippen molar-refractivity contribution in [2.24, 2.45) is 0 Å². The van der Waals surface area contributed by atoms with E-state index in [2.05, 4.69) is 5.32 Å². The molecule has 0 saturated carbocycles. The second-order valence-corrected chi connectivity index (χ2v) is 4.27. The highest BCUT2D eigenvalue weighted by molar-refractivity contribution is 5.99. The van der Waals surface area contributed by atoms with E-state index in [0.29, 0.717) is 5.69 Å². The molecule has 2 N–H and O–H groups in total. The average Bonchev–Trinajstić information content (AvgIpc) is 2.36. The largest absolute Gasteiger partial charge is 0.392 e. The van der Waals surface area contributed by atoms with Crippen LogP contribution in [0.1, 0.15) is 17.3 Å². The van der Waals surface area contributed by atoms with Crippen molar-refractivity contribution in [3.63, 3.8) is 0 Å². The number of nitrogens with zero attached hydrogens (tertiary/aromatic N) is 2. The number of aliphatic hydroxyl groups is 1. The van der Waals surface area contributed by atoms with E-state index in [4.69, 9.17) is 0 Å². The molecule has 104 valence electrons. The van der Waals surface area contributed by atoms with Gasteiger partial charge < -0.3 is 15.3 Å². The Labute approximate surface area is 111 Å². The van der Waals surface area contributed by atoms with Gasteiger partial charge in [0.05, 0.1) is 11.0 Å². The number of rotatable bonds is 5. The number of nitro benzene ring substituents is 1. The van der Waals surface area contributed by atoms with Crippen LogP contribution in [-0.4, -0.2) is 47.6 Å². The van der Waals surface area contributed by atoms with Crippen LogP contribution in [0, 0.1) is 10.1 Å². The molecule has 0 aliphatic carbocycles. The van der Waals surface area contributed by atoms with Gasteiger partial charge in [0, 0.05) is 32.4 Å². The molecule has 19 heavy (non-hydrogen) atoms. The van der Waals surface area contributed by atoms with Gasteiger partial charge >= 0.3 is 0 Å². The first-order chi connectivity index (χ1) is 8.86. The maximum absolute atomic E-state index is 12.2. The molecule has 0 radical (unpaired) electrons. The fourth-order valence-electron chi connectivity index (χ4n) is 1.71. The third kappa shape index (κ3) is 3.65. The summed E-state index contributed by atoms with van der Waals surface area (Å²) in [6.45, 7) is 1.65. The van der Waals surface area contributed by atoms with Crippen molar-refractivity contribution >= 4 is 17.3 Å². The van der Waals surface area contributed by atoms with Crippen LogP contribution < -0.4 is 5.32 Å².